The van der Waals surface area contributed by atoms with Gasteiger partial charge in [-0.3, -0.25) is 9.55 Å². The first-order chi connectivity index (χ1) is 8.55. The molecule has 0 fully saturated rings. The zero-order chi connectivity index (χ0) is 13.0. The standard InChI is InChI=1S/C13H11NO3S.Na.H/c15-18(16,17)13-8-6-12(7-9-13)14-10-11-4-2-1-3-5-11;;/h1-10H,(H,15,16,17);;/b14-10-;;. The molecule has 94 valence electrons. The Kier molecular flexibility index (Phi) is 5.90. The minimum atomic E-state index is -4.14. The monoisotopic (exact) mass is 285 g/mol. The van der Waals surface area contributed by atoms with Crippen molar-refractivity contribution in [2.75, 3.05) is 0 Å². The van der Waals surface area contributed by atoms with Gasteiger partial charge >= 0.3 is 29.6 Å². The maximum atomic E-state index is 10.8. The fourth-order valence-electron chi connectivity index (χ4n) is 1.39. The Balaban J connectivity index is 0.00000180. The van der Waals surface area contributed by atoms with Crippen LogP contribution < -0.4 is 0 Å². The third-order valence-corrected chi connectivity index (χ3v) is 3.16. The Bertz CT molecular complexity index is 652. The first-order valence-corrected chi connectivity index (χ1v) is 6.66. The molecule has 2 aromatic carbocycles. The molecule has 4 nitrogen and oxygen atoms in total. The molecule has 1 N–H and O–H groups in total. The van der Waals surface area contributed by atoms with Crippen LogP contribution in [-0.4, -0.2) is 48.7 Å². The molecule has 0 amide bonds. The molecule has 6 heteroatoms. The van der Waals surface area contributed by atoms with Gasteiger partial charge in [0.2, 0.25) is 0 Å². The Morgan fingerprint density at radius 1 is 0.947 bits per heavy atom. The van der Waals surface area contributed by atoms with Gasteiger partial charge in [0.05, 0.1) is 10.6 Å². The Labute approximate surface area is 134 Å². The summed E-state index contributed by atoms with van der Waals surface area (Å²) in [6.07, 6.45) is 1.68. The molecule has 2 rings (SSSR count). The molecule has 0 aliphatic heterocycles. The van der Waals surface area contributed by atoms with E-state index in [-0.39, 0.29) is 34.5 Å². The summed E-state index contributed by atoms with van der Waals surface area (Å²) in [7, 11) is -4.14. The van der Waals surface area contributed by atoms with Crippen molar-refractivity contribution in [1.82, 2.24) is 0 Å². The molecule has 0 atom stereocenters. The summed E-state index contributed by atoms with van der Waals surface area (Å²) in [4.78, 5) is 4.06. The number of benzene rings is 2. The van der Waals surface area contributed by atoms with Crippen LogP contribution in [0.3, 0.4) is 0 Å². The molecule has 0 saturated carbocycles. The number of aliphatic imine (C=N–C) groups is 1. The van der Waals surface area contributed by atoms with Crippen molar-refractivity contribution < 1.29 is 13.0 Å². The fraction of sp³-hybridized carbons (Fsp3) is 0. The first-order valence-electron chi connectivity index (χ1n) is 5.22. The second-order valence-corrected chi connectivity index (χ2v) is 5.06. The zero-order valence-corrected chi connectivity index (χ0v) is 10.2. The van der Waals surface area contributed by atoms with Crippen LogP contribution in [0.25, 0.3) is 0 Å². The van der Waals surface area contributed by atoms with Crippen molar-refractivity contribution in [2.24, 2.45) is 4.99 Å². The van der Waals surface area contributed by atoms with Crippen LogP contribution in [0.4, 0.5) is 5.69 Å². The van der Waals surface area contributed by atoms with Gasteiger partial charge in [0.1, 0.15) is 0 Å². The summed E-state index contributed by atoms with van der Waals surface area (Å²) in [5.41, 5.74) is 1.57. The third-order valence-electron chi connectivity index (χ3n) is 2.30. The molecule has 19 heavy (non-hydrogen) atoms. The minimum absolute atomic E-state index is 0. The normalized spacial score (nSPS) is 11.2. The predicted molar refractivity (Wildman–Crippen MR) is 77.1 cm³/mol. The van der Waals surface area contributed by atoms with E-state index in [1.54, 1.807) is 6.21 Å². The zero-order valence-electron chi connectivity index (χ0n) is 9.39. The van der Waals surface area contributed by atoms with Gasteiger partial charge in [0.15, 0.2) is 0 Å². The summed E-state index contributed by atoms with van der Waals surface area (Å²) in [5.74, 6) is 0. The Morgan fingerprint density at radius 3 is 2.05 bits per heavy atom. The molecular formula is C13H12NNaO3S. The van der Waals surface area contributed by atoms with Gasteiger partial charge < -0.3 is 0 Å². The first kappa shape index (κ1) is 16.1. The molecule has 0 heterocycles. The molecule has 0 aromatic heterocycles. The van der Waals surface area contributed by atoms with Crippen LogP contribution in [0.1, 0.15) is 5.56 Å². The number of nitrogens with zero attached hydrogens (tertiary/aromatic N) is 1. The summed E-state index contributed by atoms with van der Waals surface area (Å²) in [5, 5.41) is 0. The van der Waals surface area contributed by atoms with Crippen LogP contribution in [-0.2, 0) is 10.1 Å². The van der Waals surface area contributed by atoms with Crippen molar-refractivity contribution in [3.63, 3.8) is 0 Å². The number of hydrogen-bond donors (Lipinski definition) is 1. The Hall–Kier alpha value is -0.980. The van der Waals surface area contributed by atoms with Crippen LogP contribution in [0.5, 0.6) is 0 Å². The van der Waals surface area contributed by atoms with Gasteiger partial charge in [-0.25, -0.2) is 0 Å². The quantitative estimate of drug-likeness (QED) is 0.533. The van der Waals surface area contributed by atoms with E-state index in [1.807, 2.05) is 30.3 Å². The summed E-state index contributed by atoms with van der Waals surface area (Å²) >= 11 is 0. The molecule has 2 aromatic rings. The van der Waals surface area contributed by atoms with Gasteiger partial charge in [0.25, 0.3) is 10.1 Å². The van der Waals surface area contributed by atoms with Crippen LogP contribution in [0.15, 0.2) is 64.5 Å². The molecule has 0 saturated heterocycles. The van der Waals surface area contributed by atoms with Crippen molar-refractivity contribution in [1.29, 1.82) is 0 Å². The number of rotatable bonds is 3. The molecule has 0 spiro atoms. The topological polar surface area (TPSA) is 66.7 Å². The van der Waals surface area contributed by atoms with Gasteiger partial charge in [-0.15, -0.1) is 0 Å². The molecule has 0 bridgehead atoms. The van der Waals surface area contributed by atoms with Gasteiger partial charge in [-0.2, -0.15) is 8.42 Å². The van der Waals surface area contributed by atoms with E-state index in [4.69, 9.17) is 4.55 Å². The molecule has 0 aliphatic carbocycles. The van der Waals surface area contributed by atoms with Crippen LogP contribution in [0.2, 0.25) is 0 Å². The fourth-order valence-corrected chi connectivity index (χ4v) is 1.87. The predicted octanol–water partition coefficient (Wildman–Crippen LogP) is 2.04. The van der Waals surface area contributed by atoms with Gasteiger partial charge in [-0.05, 0) is 29.8 Å². The van der Waals surface area contributed by atoms with Crippen molar-refractivity contribution in [3.8, 4) is 0 Å². The van der Waals surface area contributed by atoms with E-state index in [9.17, 15) is 8.42 Å². The van der Waals surface area contributed by atoms with Crippen LogP contribution >= 0.6 is 0 Å². The second kappa shape index (κ2) is 6.98. The van der Waals surface area contributed by atoms with E-state index in [0.29, 0.717) is 5.69 Å². The molecule has 0 radical (unpaired) electrons. The molecule has 0 aliphatic rings. The molecule has 0 unspecified atom stereocenters. The van der Waals surface area contributed by atoms with Crippen LogP contribution in [0, 0.1) is 0 Å². The summed E-state index contributed by atoms with van der Waals surface area (Å²) in [6, 6.07) is 15.2. The summed E-state index contributed by atoms with van der Waals surface area (Å²) < 4.78 is 30.5. The van der Waals surface area contributed by atoms with E-state index in [1.165, 1.54) is 24.3 Å². The van der Waals surface area contributed by atoms with E-state index >= 15 is 0 Å². The van der Waals surface area contributed by atoms with E-state index < -0.39 is 10.1 Å². The van der Waals surface area contributed by atoms with E-state index in [0.717, 1.165) is 5.56 Å². The van der Waals surface area contributed by atoms with Crippen molar-refractivity contribution in [2.45, 2.75) is 4.90 Å². The van der Waals surface area contributed by atoms with Crippen molar-refractivity contribution >= 4 is 51.6 Å². The molecular weight excluding hydrogens is 273 g/mol. The second-order valence-electron chi connectivity index (χ2n) is 3.64. The summed E-state index contributed by atoms with van der Waals surface area (Å²) in [6.45, 7) is 0. The van der Waals surface area contributed by atoms with Gasteiger partial charge in [0, 0.05) is 6.21 Å². The van der Waals surface area contributed by atoms with E-state index in [2.05, 4.69) is 4.99 Å². The number of hydrogen-bond acceptors (Lipinski definition) is 3. The third kappa shape index (κ3) is 4.89. The average molecular weight is 285 g/mol. The van der Waals surface area contributed by atoms with Gasteiger partial charge in [-0.1, -0.05) is 30.3 Å². The average Bonchev–Trinajstić information content (AvgIpc) is 2.37. The van der Waals surface area contributed by atoms with Crippen molar-refractivity contribution in [3.05, 3.63) is 60.2 Å². The maximum absolute atomic E-state index is 10.8. The SMILES string of the molecule is O=S(=O)(O)c1ccc(/N=C\c2ccccc2)cc1.[NaH]. The Morgan fingerprint density at radius 2 is 1.53 bits per heavy atom.